The van der Waals surface area contributed by atoms with Gasteiger partial charge in [-0.25, -0.2) is 15.8 Å². The molecule has 0 aliphatic heterocycles. The van der Waals surface area contributed by atoms with Crippen LogP contribution in [0.4, 0.5) is 17.2 Å². The second-order valence-corrected chi connectivity index (χ2v) is 4.33. The number of nitrogens with zero attached hydrogens (tertiary/aromatic N) is 3. The summed E-state index contributed by atoms with van der Waals surface area (Å²) in [5.41, 5.74) is 4.33. The fourth-order valence-corrected chi connectivity index (χ4v) is 1.56. The third kappa shape index (κ3) is 3.21. The van der Waals surface area contributed by atoms with Crippen LogP contribution < -0.4 is 21.5 Å². The number of carbonyl (C=O) groups excluding carboxylic acids is 1. The summed E-state index contributed by atoms with van der Waals surface area (Å²) in [4.78, 5) is 21.8. The van der Waals surface area contributed by atoms with Gasteiger partial charge in [-0.1, -0.05) is 0 Å². The van der Waals surface area contributed by atoms with Gasteiger partial charge in [-0.05, 0) is 24.3 Å². The van der Waals surface area contributed by atoms with Crippen molar-refractivity contribution in [3.63, 3.8) is 0 Å². The van der Waals surface area contributed by atoms with Crippen molar-refractivity contribution >= 4 is 23.1 Å². The number of benzene rings is 1. The van der Waals surface area contributed by atoms with Gasteiger partial charge in [0, 0.05) is 25.5 Å². The summed E-state index contributed by atoms with van der Waals surface area (Å²) in [6, 6.07) is 7.50. The van der Waals surface area contributed by atoms with E-state index in [4.69, 9.17) is 5.84 Å². The van der Waals surface area contributed by atoms with E-state index in [-0.39, 0.29) is 11.6 Å². The summed E-state index contributed by atoms with van der Waals surface area (Å²) in [6.07, 6.45) is 2.75. The Kier molecular flexibility index (Phi) is 4.11. The molecule has 20 heavy (non-hydrogen) atoms. The number of hydrogen-bond donors (Lipinski definition) is 3. The zero-order valence-corrected chi connectivity index (χ0v) is 11.3. The maximum Gasteiger partial charge on any atom is 0.275 e. The molecule has 0 saturated carbocycles. The Morgan fingerprint density at radius 2 is 1.85 bits per heavy atom. The van der Waals surface area contributed by atoms with E-state index in [9.17, 15) is 4.79 Å². The van der Waals surface area contributed by atoms with Crippen LogP contribution in [0.25, 0.3) is 0 Å². The lowest BCUT2D eigenvalue weighted by Gasteiger charge is -2.12. The molecule has 104 valence electrons. The minimum absolute atomic E-state index is 0.223. The molecule has 2 aromatic rings. The normalized spacial score (nSPS) is 9.95. The molecule has 1 aromatic heterocycles. The first-order valence-electron chi connectivity index (χ1n) is 5.97. The van der Waals surface area contributed by atoms with E-state index in [2.05, 4.69) is 20.7 Å². The molecule has 0 spiro atoms. The molecule has 0 unspecified atom stereocenters. The molecular formula is C13H16N6O. The molecule has 4 N–H and O–H groups in total. The highest BCUT2D eigenvalue weighted by molar-refractivity contribution is 6.02. The first-order valence-corrected chi connectivity index (χ1v) is 5.97. The van der Waals surface area contributed by atoms with Gasteiger partial charge in [-0.3, -0.25) is 4.79 Å². The van der Waals surface area contributed by atoms with Crippen molar-refractivity contribution in [3.05, 3.63) is 42.4 Å². The molecule has 0 radical (unpaired) electrons. The van der Waals surface area contributed by atoms with Crippen LogP contribution in [0.3, 0.4) is 0 Å². The highest BCUT2D eigenvalue weighted by Crippen LogP contribution is 2.16. The van der Waals surface area contributed by atoms with Crippen LogP contribution in [0.2, 0.25) is 0 Å². The van der Waals surface area contributed by atoms with E-state index in [1.807, 2.05) is 43.3 Å². The average Bonchev–Trinajstić information content (AvgIpc) is 2.48. The van der Waals surface area contributed by atoms with Crippen molar-refractivity contribution in [2.24, 2.45) is 5.84 Å². The lowest BCUT2D eigenvalue weighted by molar-refractivity contribution is 0.102. The minimum Gasteiger partial charge on any atom is -0.378 e. The number of anilines is 3. The first-order chi connectivity index (χ1) is 9.60. The zero-order chi connectivity index (χ0) is 14.5. The third-order valence-electron chi connectivity index (χ3n) is 2.67. The largest absolute Gasteiger partial charge is 0.378 e. The van der Waals surface area contributed by atoms with E-state index in [1.54, 1.807) is 0 Å². The molecule has 0 aliphatic carbocycles. The predicted molar refractivity (Wildman–Crippen MR) is 78.6 cm³/mol. The fourth-order valence-electron chi connectivity index (χ4n) is 1.56. The fraction of sp³-hybridized carbons (Fsp3) is 0.154. The van der Waals surface area contributed by atoms with Crippen LogP contribution in [0.1, 0.15) is 10.5 Å². The van der Waals surface area contributed by atoms with Gasteiger partial charge in [0.05, 0.1) is 12.4 Å². The molecule has 0 fully saturated rings. The Hall–Kier alpha value is -2.67. The van der Waals surface area contributed by atoms with Gasteiger partial charge >= 0.3 is 0 Å². The molecule has 0 bridgehead atoms. The van der Waals surface area contributed by atoms with E-state index < -0.39 is 0 Å². The van der Waals surface area contributed by atoms with Crippen molar-refractivity contribution in [1.29, 1.82) is 0 Å². The number of nitrogen functional groups attached to an aromatic ring is 1. The SMILES string of the molecule is CN(C)c1ccc(NC(=O)c2cnc(NN)cn2)cc1. The lowest BCUT2D eigenvalue weighted by atomic mass is 10.2. The number of nitrogens with two attached hydrogens (primary N) is 1. The van der Waals surface area contributed by atoms with Gasteiger partial charge in [-0.15, -0.1) is 0 Å². The van der Waals surface area contributed by atoms with Crippen molar-refractivity contribution in [3.8, 4) is 0 Å². The number of rotatable bonds is 4. The van der Waals surface area contributed by atoms with Gasteiger partial charge in [0.25, 0.3) is 5.91 Å². The number of nitrogens with one attached hydrogen (secondary N) is 2. The Morgan fingerprint density at radius 3 is 2.35 bits per heavy atom. The zero-order valence-electron chi connectivity index (χ0n) is 11.3. The van der Waals surface area contributed by atoms with Crippen molar-refractivity contribution in [2.45, 2.75) is 0 Å². The molecule has 1 amide bonds. The van der Waals surface area contributed by atoms with Gasteiger partial charge in [0.15, 0.2) is 5.82 Å². The third-order valence-corrected chi connectivity index (χ3v) is 2.67. The van der Waals surface area contributed by atoms with Crippen LogP contribution in [-0.4, -0.2) is 30.0 Å². The summed E-state index contributed by atoms with van der Waals surface area (Å²) >= 11 is 0. The Labute approximate surface area is 116 Å². The predicted octanol–water partition coefficient (Wildman–Crippen LogP) is 1.08. The van der Waals surface area contributed by atoms with E-state index in [1.165, 1.54) is 12.4 Å². The van der Waals surface area contributed by atoms with Crippen LogP contribution in [0, 0.1) is 0 Å². The monoisotopic (exact) mass is 272 g/mol. The van der Waals surface area contributed by atoms with Gasteiger partial charge in [0.1, 0.15) is 5.69 Å². The molecule has 0 atom stereocenters. The molecule has 1 heterocycles. The highest BCUT2D eigenvalue weighted by Gasteiger charge is 2.08. The number of hydrogen-bond acceptors (Lipinski definition) is 6. The minimum atomic E-state index is -0.321. The number of carbonyl (C=O) groups is 1. The summed E-state index contributed by atoms with van der Waals surface area (Å²) in [6.45, 7) is 0. The quantitative estimate of drug-likeness (QED) is 0.569. The topological polar surface area (TPSA) is 96.2 Å². The summed E-state index contributed by atoms with van der Waals surface area (Å²) < 4.78 is 0. The summed E-state index contributed by atoms with van der Waals surface area (Å²) in [7, 11) is 3.91. The molecular weight excluding hydrogens is 256 g/mol. The molecule has 2 rings (SSSR count). The first kappa shape index (κ1) is 13.8. The van der Waals surface area contributed by atoms with E-state index in [0.29, 0.717) is 11.5 Å². The standard InChI is InChI=1S/C13H16N6O/c1-19(2)10-5-3-9(4-6-10)17-13(20)11-7-16-12(18-14)8-15-11/h3-8H,14H2,1-2H3,(H,16,18)(H,17,20). The number of amides is 1. The summed E-state index contributed by atoms with van der Waals surface area (Å²) in [5, 5.41) is 2.75. The highest BCUT2D eigenvalue weighted by atomic mass is 16.1. The van der Waals surface area contributed by atoms with Crippen LogP contribution >= 0.6 is 0 Å². The Bertz CT molecular complexity index is 579. The number of aromatic nitrogens is 2. The average molecular weight is 272 g/mol. The van der Waals surface area contributed by atoms with Crippen molar-refractivity contribution < 1.29 is 4.79 Å². The van der Waals surface area contributed by atoms with Crippen LogP contribution in [0.15, 0.2) is 36.7 Å². The number of hydrazine groups is 1. The smallest absolute Gasteiger partial charge is 0.275 e. The molecule has 0 aliphatic rings. The second kappa shape index (κ2) is 5.98. The van der Waals surface area contributed by atoms with Gasteiger partial charge in [-0.2, -0.15) is 0 Å². The molecule has 0 saturated heterocycles. The molecule has 7 nitrogen and oxygen atoms in total. The summed E-state index contributed by atoms with van der Waals surface area (Å²) in [5.74, 6) is 5.26. The maximum absolute atomic E-state index is 12.0. The van der Waals surface area contributed by atoms with Gasteiger partial charge in [0.2, 0.25) is 0 Å². The lowest BCUT2D eigenvalue weighted by Crippen LogP contribution is -2.15. The van der Waals surface area contributed by atoms with E-state index in [0.717, 1.165) is 5.69 Å². The molecule has 7 heteroatoms. The molecule has 1 aromatic carbocycles. The van der Waals surface area contributed by atoms with Crippen LogP contribution in [0.5, 0.6) is 0 Å². The van der Waals surface area contributed by atoms with Crippen LogP contribution in [-0.2, 0) is 0 Å². The maximum atomic E-state index is 12.0. The van der Waals surface area contributed by atoms with E-state index >= 15 is 0 Å². The van der Waals surface area contributed by atoms with Crippen molar-refractivity contribution in [2.75, 3.05) is 29.7 Å². The van der Waals surface area contributed by atoms with Crippen molar-refractivity contribution in [1.82, 2.24) is 9.97 Å². The Morgan fingerprint density at radius 1 is 1.15 bits per heavy atom. The second-order valence-electron chi connectivity index (χ2n) is 4.33. The van der Waals surface area contributed by atoms with Gasteiger partial charge < -0.3 is 15.6 Å². The Balaban J connectivity index is 2.06.